The van der Waals surface area contributed by atoms with E-state index in [9.17, 15) is 0 Å². The molecule has 1 aromatic carbocycles. The molecule has 140 valence electrons. The highest BCUT2D eigenvalue weighted by Crippen LogP contribution is 2.30. The van der Waals surface area contributed by atoms with Crippen molar-refractivity contribution in [2.24, 2.45) is 10.9 Å². The molecule has 1 unspecified atom stereocenters. The van der Waals surface area contributed by atoms with Gasteiger partial charge in [-0.25, -0.2) is 0 Å². The van der Waals surface area contributed by atoms with Gasteiger partial charge in [0.1, 0.15) is 5.75 Å². The first-order valence-corrected chi connectivity index (χ1v) is 9.11. The molecule has 0 radical (unpaired) electrons. The highest BCUT2D eigenvalue weighted by molar-refractivity contribution is 14.0. The number of aliphatic imine (C=N–C) groups is 1. The summed E-state index contributed by atoms with van der Waals surface area (Å²) in [4.78, 5) is 6.76. The van der Waals surface area contributed by atoms with Gasteiger partial charge < -0.3 is 20.3 Å². The highest BCUT2D eigenvalue weighted by Gasteiger charge is 2.22. The first-order valence-electron chi connectivity index (χ1n) is 9.11. The Kier molecular flexibility index (Phi) is 8.29. The molecule has 1 atom stereocenters. The summed E-state index contributed by atoms with van der Waals surface area (Å²) in [5.74, 6) is 2.61. The second kappa shape index (κ2) is 10.2. The van der Waals surface area contributed by atoms with Crippen molar-refractivity contribution in [3.63, 3.8) is 0 Å². The number of hydrogen-bond acceptors (Lipinski definition) is 3. The first-order chi connectivity index (χ1) is 11.8. The van der Waals surface area contributed by atoms with Crippen LogP contribution < -0.4 is 15.4 Å². The predicted octanol–water partition coefficient (Wildman–Crippen LogP) is 2.85. The quantitative estimate of drug-likeness (QED) is 0.375. The average Bonchev–Trinajstić information content (AvgIpc) is 3.35. The molecule has 2 N–H and O–H groups in total. The molecule has 6 heteroatoms. The van der Waals surface area contributed by atoms with Gasteiger partial charge in [0.2, 0.25) is 0 Å². The van der Waals surface area contributed by atoms with E-state index in [1.807, 2.05) is 13.1 Å². The lowest BCUT2D eigenvalue weighted by Crippen LogP contribution is -2.43. The van der Waals surface area contributed by atoms with Crippen molar-refractivity contribution < 1.29 is 4.74 Å². The van der Waals surface area contributed by atoms with Crippen molar-refractivity contribution in [1.82, 2.24) is 15.5 Å². The number of halogens is 1. The maximum Gasteiger partial charge on any atom is 0.191 e. The summed E-state index contributed by atoms with van der Waals surface area (Å²) in [7, 11) is 4.02. The van der Waals surface area contributed by atoms with E-state index < -0.39 is 0 Å². The minimum atomic E-state index is 0. The van der Waals surface area contributed by atoms with Gasteiger partial charge in [0.15, 0.2) is 5.96 Å². The highest BCUT2D eigenvalue weighted by atomic mass is 127. The molecule has 25 heavy (non-hydrogen) atoms. The molecule has 0 aromatic heterocycles. The largest absolute Gasteiger partial charge is 0.493 e. The van der Waals surface area contributed by atoms with E-state index in [4.69, 9.17) is 4.74 Å². The normalized spacial score (nSPS) is 20.9. The van der Waals surface area contributed by atoms with E-state index >= 15 is 0 Å². The van der Waals surface area contributed by atoms with E-state index in [2.05, 4.69) is 45.8 Å². The SMILES string of the molecule is CN=C(NCc1ccccc1OCC1CC1)NCC1CCCN1C.I. The van der Waals surface area contributed by atoms with Crippen LogP contribution in [0.5, 0.6) is 5.75 Å². The molecule has 1 saturated carbocycles. The molecule has 2 fully saturated rings. The van der Waals surface area contributed by atoms with Gasteiger partial charge in [-0.05, 0) is 51.3 Å². The third-order valence-corrected chi connectivity index (χ3v) is 4.99. The fourth-order valence-corrected chi connectivity index (χ4v) is 3.13. The zero-order valence-corrected chi connectivity index (χ0v) is 17.7. The number of benzene rings is 1. The lowest BCUT2D eigenvalue weighted by atomic mass is 10.2. The number of nitrogens with zero attached hydrogens (tertiary/aromatic N) is 2. The van der Waals surface area contributed by atoms with Gasteiger partial charge in [0, 0.05) is 31.7 Å². The van der Waals surface area contributed by atoms with E-state index in [-0.39, 0.29) is 24.0 Å². The molecule has 1 aromatic rings. The molecule has 3 rings (SSSR count). The third kappa shape index (κ3) is 6.33. The summed E-state index contributed by atoms with van der Waals surface area (Å²) in [5, 5.41) is 6.86. The van der Waals surface area contributed by atoms with E-state index in [1.165, 1.54) is 37.8 Å². The van der Waals surface area contributed by atoms with Crippen molar-refractivity contribution >= 4 is 29.9 Å². The lowest BCUT2D eigenvalue weighted by Gasteiger charge is -2.21. The van der Waals surface area contributed by atoms with Crippen LogP contribution in [0.1, 0.15) is 31.2 Å². The van der Waals surface area contributed by atoms with Crippen molar-refractivity contribution in [3.05, 3.63) is 29.8 Å². The van der Waals surface area contributed by atoms with E-state index in [0.717, 1.165) is 37.3 Å². The molecular formula is C19H31IN4O. The Morgan fingerprint density at radius 3 is 2.72 bits per heavy atom. The van der Waals surface area contributed by atoms with Crippen LogP contribution in [-0.2, 0) is 6.54 Å². The van der Waals surface area contributed by atoms with Crippen LogP contribution in [0.3, 0.4) is 0 Å². The maximum absolute atomic E-state index is 5.98. The maximum atomic E-state index is 5.98. The van der Waals surface area contributed by atoms with Crippen LogP contribution in [0.2, 0.25) is 0 Å². The summed E-state index contributed by atoms with van der Waals surface area (Å²) >= 11 is 0. The standard InChI is InChI=1S/C19H30N4O.HI/c1-20-19(22-13-17-7-5-11-23(17)2)21-12-16-6-3-4-8-18(16)24-14-15-9-10-15;/h3-4,6,8,15,17H,5,7,9-14H2,1-2H3,(H2,20,21,22);1H. The topological polar surface area (TPSA) is 48.9 Å². The Hall–Kier alpha value is -1.02. The fourth-order valence-electron chi connectivity index (χ4n) is 3.13. The summed E-state index contributed by atoms with van der Waals surface area (Å²) in [6.45, 7) is 3.71. The summed E-state index contributed by atoms with van der Waals surface area (Å²) in [6, 6.07) is 8.88. The first kappa shape index (κ1) is 20.3. The van der Waals surface area contributed by atoms with Gasteiger partial charge in [-0.3, -0.25) is 4.99 Å². The van der Waals surface area contributed by atoms with Gasteiger partial charge >= 0.3 is 0 Å². The monoisotopic (exact) mass is 458 g/mol. The van der Waals surface area contributed by atoms with Crippen LogP contribution in [0.15, 0.2) is 29.3 Å². The van der Waals surface area contributed by atoms with Crippen molar-refractivity contribution in [1.29, 1.82) is 0 Å². The van der Waals surface area contributed by atoms with Crippen LogP contribution >= 0.6 is 24.0 Å². The molecule has 0 bridgehead atoms. The molecule has 0 amide bonds. The second-order valence-corrected chi connectivity index (χ2v) is 6.95. The summed E-state index contributed by atoms with van der Waals surface area (Å²) in [5.41, 5.74) is 1.18. The second-order valence-electron chi connectivity index (χ2n) is 6.95. The fraction of sp³-hybridized carbons (Fsp3) is 0.632. The molecule has 1 aliphatic heterocycles. The van der Waals surface area contributed by atoms with Gasteiger partial charge in [-0.15, -0.1) is 24.0 Å². The number of likely N-dealkylation sites (N-methyl/N-ethyl adjacent to an activating group) is 1. The molecule has 1 heterocycles. The number of rotatable bonds is 7. The number of guanidine groups is 1. The van der Waals surface area contributed by atoms with Crippen molar-refractivity contribution in [3.8, 4) is 5.75 Å². The van der Waals surface area contributed by atoms with Gasteiger partial charge in [-0.2, -0.15) is 0 Å². The number of ether oxygens (including phenoxy) is 1. The molecule has 1 aliphatic carbocycles. The van der Waals surface area contributed by atoms with Crippen LogP contribution in [-0.4, -0.2) is 50.7 Å². The number of hydrogen-bond donors (Lipinski definition) is 2. The Labute approximate surface area is 168 Å². The summed E-state index contributed by atoms with van der Waals surface area (Å²) < 4.78 is 5.98. The average molecular weight is 458 g/mol. The lowest BCUT2D eigenvalue weighted by molar-refractivity contribution is 0.296. The molecule has 2 aliphatic rings. The molecular weight excluding hydrogens is 427 g/mol. The van der Waals surface area contributed by atoms with Crippen LogP contribution in [0.4, 0.5) is 0 Å². The smallest absolute Gasteiger partial charge is 0.191 e. The van der Waals surface area contributed by atoms with Gasteiger partial charge in [-0.1, -0.05) is 18.2 Å². The predicted molar refractivity (Wildman–Crippen MR) is 114 cm³/mol. The Bertz CT molecular complexity index is 562. The Balaban J connectivity index is 0.00000225. The van der Waals surface area contributed by atoms with Gasteiger partial charge in [0.05, 0.1) is 6.61 Å². The van der Waals surface area contributed by atoms with Crippen molar-refractivity contribution in [2.45, 2.75) is 38.3 Å². The Morgan fingerprint density at radius 1 is 1.24 bits per heavy atom. The summed E-state index contributed by atoms with van der Waals surface area (Å²) in [6.07, 6.45) is 5.18. The van der Waals surface area contributed by atoms with Crippen molar-refractivity contribution in [2.75, 3.05) is 33.8 Å². The van der Waals surface area contributed by atoms with Gasteiger partial charge in [0.25, 0.3) is 0 Å². The number of nitrogens with one attached hydrogen (secondary N) is 2. The van der Waals surface area contributed by atoms with Crippen LogP contribution in [0, 0.1) is 5.92 Å². The molecule has 0 spiro atoms. The minimum Gasteiger partial charge on any atom is -0.493 e. The minimum absolute atomic E-state index is 0. The number of likely N-dealkylation sites (tertiary alicyclic amines) is 1. The number of para-hydroxylation sites is 1. The molecule has 1 saturated heterocycles. The van der Waals surface area contributed by atoms with E-state index in [1.54, 1.807) is 0 Å². The van der Waals surface area contributed by atoms with Crippen LogP contribution in [0.25, 0.3) is 0 Å². The third-order valence-electron chi connectivity index (χ3n) is 4.99. The van der Waals surface area contributed by atoms with E-state index in [0.29, 0.717) is 6.04 Å². The molecule has 5 nitrogen and oxygen atoms in total. The zero-order chi connectivity index (χ0) is 16.8. The Morgan fingerprint density at radius 2 is 2.04 bits per heavy atom. The zero-order valence-electron chi connectivity index (χ0n) is 15.3.